The second-order valence-corrected chi connectivity index (χ2v) is 6.39. The molecule has 0 heterocycles. The minimum Gasteiger partial charge on any atom is -0.452 e. The molecule has 0 aliphatic rings. The lowest BCUT2D eigenvalue weighted by molar-refractivity contribution is -0.152. The van der Waals surface area contributed by atoms with Crippen molar-refractivity contribution in [1.29, 1.82) is 0 Å². The SMILES string of the molecule is C[C@@H](OC(=O)Cc1ccc(Cl)cc1)C(=O)Nc1cccc2ccccc12. The molecule has 0 spiro atoms. The zero-order chi connectivity index (χ0) is 18.5. The predicted molar refractivity (Wildman–Crippen MR) is 103 cm³/mol. The van der Waals surface area contributed by atoms with Crippen LogP contribution in [0.5, 0.6) is 0 Å². The van der Waals surface area contributed by atoms with Crippen molar-refractivity contribution in [3.8, 4) is 0 Å². The van der Waals surface area contributed by atoms with Crippen molar-refractivity contribution in [2.24, 2.45) is 0 Å². The Bertz CT molecular complexity index is 932. The maximum Gasteiger partial charge on any atom is 0.311 e. The van der Waals surface area contributed by atoms with Crippen LogP contribution < -0.4 is 5.32 Å². The van der Waals surface area contributed by atoms with E-state index in [1.165, 1.54) is 0 Å². The molecule has 5 heteroatoms. The van der Waals surface area contributed by atoms with Crippen molar-refractivity contribution in [2.45, 2.75) is 19.4 Å². The van der Waals surface area contributed by atoms with E-state index < -0.39 is 12.1 Å². The Kier molecular flexibility index (Phi) is 5.54. The Morgan fingerprint density at radius 2 is 1.69 bits per heavy atom. The summed E-state index contributed by atoms with van der Waals surface area (Å²) >= 11 is 5.82. The van der Waals surface area contributed by atoms with Crippen molar-refractivity contribution in [1.82, 2.24) is 0 Å². The van der Waals surface area contributed by atoms with Crippen molar-refractivity contribution in [2.75, 3.05) is 5.32 Å². The van der Waals surface area contributed by atoms with Gasteiger partial charge in [-0.1, -0.05) is 60.1 Å². The van der Waals surface area contributed by atoms with E-state index in [9.17, 15) is 9.59 Å². The molecule has 0 aromatic heterocycles. The van der Waals surface area contributed by atoms with Gasteiger partial charge in [0, 0.05) is 16.1 Å². The summed E-state index contributed by atoms with van der Waals surface area (Å²) < 4.78 is 5.25. The zero-order valence-corrected chi connectivity index (χ0v) is 15.0. The van der Waals surface area contributed by atoms with Crippen molar-refractivity contribution >= 4 is 39.9 Å². The van der Waals surface area contributed by atoms with E-state index >= 15 is 0 Å². The average Bonchev–Trinajstić information content (AvgIpc) is 2.64. The number of amides is 1. The van der Waals surface area contributed by atoms with Crippen molar-refractivity contribution < 1.29 is 14.3 Å². The first-order chi connectivity index (χ1) is 12.5. The zero-order valence-electron chi connectivity index (χ0n) is 14.2. The molecule has 26 heavy (non-hydrogen) atoms. The molecule has 0 radical (unpaired) electrons. The van der Waals surface area contributed by atoms with Crippen molar-refractivity contribution in [3.63, 3.8) is 0 Å². The van der Waals surface area contributed by atoms with Gasteiger partial charge in [0.1, 0.15) is 0 Å². The van der Waals surface area contributed by atoms with Crippen LogP contribution in [0.3, 0.4) is 0 Å². The second kappa shape index (κ2) is 8.02. The van der Waals surface area contributed by atoms with Gasteiger partial charge in [-0.25, -0.2) is 0 Å². The molecule has 0 unspecified atom stereocenters. The number of fused-ring (bicyclic) bond motifs is 1. The van der Waals surface area contributed by atoms with Gasteiger partial charge in [0.15, 0.2) is 6.10 Å². The molecule has 3 aromatic carbocycles. The van der Waals surface area contributed by atoms with Crippen LogP contribution in [0.15, 0.2) is 66.7 Å². The summed E-state index contributed by atoms with van der Waals surface area (Å²) in [5, 5.41) is 5.39. The Balaban J connectivity index is 1.62. The van der Waals surface area contributed by atoms with Gasteiger partial charge in [0.25, 0.3) is 5.91 Å². The summed E-state index contributed by atoms with van der Waals surface area (Å²) in [6.07, 6.45) is -0.808. The summed E-state index contributed by atoms with van der Waals surface area (Å²) in [6, 6.07) is 20.3. The van der Waals surface area contributed by atoms with Gasteiger partial charge < -0.3 is 10.1 Å². The van der Waals surface area contributed by atoms with E-state index in [-0.39, 0.29) is 12.3 Å². The summed E-state index contributed by atoms with van der Waals surface area (Å²) in [4.78, 5) is 24.4. The molecule has 1 atom stereocenters. The van der Waals surface area contributed by atoms with Crippen LogP contribution in [0.2, 0.25) is 5.02 Å². The molecule has 0 aliphatic carbocycles. The Morgan fingerprint density at radius 1 is 1.00 bits per heavy atom. The number of ether oxygens (including phenoxy) is 1. The molecule has 0 saturated heterocycles. The third-order valence-electron chi connectivity index (χ3n) is 3.99. The number of hydrogen-bond acceptors (Lipinski definition) is 3. The van der Waals surface area contributed by atoms with Crippen LogP contribution in [-0.2, 0) is 20.7 Å². The molecule has 3 rings (SSSR count). The number of carbonyl (C=O) groups excluding carboxylic acids is 2. The van der Waals surface area contributed by atoms with E-state index in [1.807, 2.05) is 42.5 Å². The van der Waals surface area contributed by atoms with Gasteiger partial charge in [0.05, 0.1) is 6.42 Å². The highest BCUT2D eigenvalue weighted by Crippen LogP contribution is 2.23. The van der Waals surface area contributed by atoms with E-state index in [0.29, 0.717) is 10.7 Å². The molecular weight excluding hydrogens is 350 g/mol. The lowest BCUT2D eigenvalue weighted by Crippen LogP contribution is -2.30. The highest BCUT2D eigenvalue weighted by Gasteiger charge is 2.18. The fourth-order valence-electron chi connectivity index (χ4n) is 2.63. The quantitative estimate of drug-likeness (QED) is 0.670. The van der Waals surface area contributed by atoms with E-state index in [2.05, 4.69) is 5.32 Å². The van der Waals surface area contributed by atoms with E-state index in [1.54, 1.807) is 31.2 Å². The van der Waals surface area contributed by atoms with Crippen LogP contribution >= 0.6 is 11.6 Å². The molecule has 0 saturated carbocycles. The fraction of sp³-hybridized carbons (Fsp3) is 0.143. The largest absolute Gasteiger partial charge is 0.452 e. The monoisotopic (exact) mass is 367 g/mol. The van der Waals surface area contributed by atoms with Gasteiger partial charge in [-0.3, -0.25) is 9.59 Å². The minimum absolute atomic E-state index is 0.0864. The average molecular weight is 368 g/mol. The van der Waals surface area contributed by atoms with Gasteiger partial charge in [0.2, 0.25) is 0 Å². The third-order valence-corrected chi connectivity index (χ3v) is 4.24. The van der Waals surface area contributed by atoms with Gasteiger partial charge in [-0.2, -0.15) is 0 Å². The lowest BCUT2D eigenvalue weighted by atomic mass is 10.1. The van der Waals surface area contributed by atoms with Crippen LogP contribution in [0.25, 0.3) is 10.8 Å². The predicted octanol–water partition coefficient (Wildman–Crippen LogP) is 4.61. The van der Waals surface area contributed by atoms with Gasteiger partial charge in [-0.05, 0) is 36.1 Å². The first-order valence-electron chi connectivity index (χ1n) is 8.25. The summed E-state index contributed by atoms with van der Waals surface area (Å²) in [5.41, 5.74) is 1.47. The van der Waals surface area contributed by atoms with Crippen LogP contribution in [0, 0.1) is 0 Å². The highest BCUT2D eigenvalue weighted by atomic mass is 35.5. The number of carbonyl (C=O) groups is 2. The normalized spacial score (nSPS) is 11.8. The molecular formula is C21H18ClNO3. The molecule has 1 amide bonds. The third kappa shape index (κ3) is 4.41. The number of esters is 1. The molecule has 132 valence electrons. The van der Waals surface area contributed by atoms with Gasteiger partial charge in [-0.15, -0.1) is 0 Å². The number of anilines is 1. The fourth-order valence-corrected chi connectivity index (χ4v) is 2.76. The van der Waals surface area contributed by atoms with Crippen LogP contribution in [-0.4, -0.2) is 18.0 Å². The Labute approximate surface area is 156 Å². The smallest absolute Gasteiger partial charge is 0.311 e. The first kappa shape index (κ1) is 18.0. The molecule has 4 nitrogen and oxygen atoms in total. The molecule has 3 aromatic rings. The van der Waals surface area contributed by atoms with Crippen LogP contribution in [0.1, 0.15) is 12.5 Å². The number of halogens is 1. The number of hydrogen-bond donors (Lipinski definition) is 1. The maximum atomic E-state index is 12.4. The standard InChI is InChI=1S/C21H18ClNO3/c1-14(26-20(24)13-15-9-11-17(22)12-10-15)21(25)23-19-8-4-6-16-5-2-3-7-18(16)19/h2-12,14H,13H2,1H3,(H,23,25)/t14-/m1/s1. The van der Waals surface area contributed by atoms with E-state index in [4.69, 9.17) is 16.3 Å². The Hall–Kier alpha value is -2.85. The molecule has 0 fully saturated rings. The Morgan fingerprint density at radius 3 is 2.46 bits per heavy atom. The van der Waals surface area contributed by atoms with Crippen LogP contribution in [0.4, 0.5) is 5.69 Å². The number of benzene rings is 3. The highest BCUT2D eigenvalue weighted by molar-refractivity contribution is 6.30. The lowest BCUT2D eigenvalue weighted by Gasteiger charge is -2.15. The second-order valence-electron chi connectivity index (χ2n) is 5.95. The first-order valence-corrected chi connectivity index (χ1v) is 8.63. The number of nitrogens with one attached hydrogen (secondary N) is 1. The summed E-state index contributed by atoms with van der Waals surface area (Å²) in [6.45, 7) is 1.56. The summed E-state index contributed by atoms with van der Waals surface area (Å²) in [7, 11) is 0. The molecule has 0 aliphatic heterocycles. The number of rotatable bonds is 5. The van der Waals surface area contributed by atoms with E-state index in [0.717, 1.165) is 16.3 Å². The molecule has 0 bridgehead atoms. The maximum absolute atomic E-state index is 12.4. The summed E-state index contributed by atoms with van der Waals surface area (Å²) in [5.74, 6) is -0.835. The topological polar surface area (TPSA) is 55.4 Å². The van der Waals surface area contributed by atoms with Crippen molar-refractivity contribution in [3.05, 3.63) is 77.3 Å². The molecule has 1 N–H and O–H groups in total. The minimum atomic E-state index is -0.895. The van der Waals surface area contributed by atoms with Gasteiger partial charge >= 0.3 is 5.97 Å².